The molecule has 1 unspecified atom stereocenters. The Hall–Kier alpha value is -2.07. The topological polar surface area (TPSA) is 51.6 Å². The third-order valence-corrected chi connectivity index (χ3v) is 3.06. The van der Waals surface area contributed by atoms with Crippen LogP contribution < -0.4 is 9.47 Å². The van der Waals surface area contributed by atoms with Gasteiger partial charge in [0.15, 0.2) is 0 Å². The van der Waals surface area contributed by atoms with Crippen LogP contribution in [0.3, 0.4) is 0 Å². The fourth-order valence-electron chi connectivity index (χ4n) is 2.03. The largest absolute Gasteiger partial charge is 0.497 e. The molecular weight excluding hydrogens is 242 g/mol. The lowest BCUT2D eigenvalue weighted by Gasteiger charge is -2.16. The summed E-state index contributed by atoms with van der Waals surface area (Å²) in [6, 6.07) is 9.15. The van der Waals surface area contributed by atoms with Crippen LogP contribution in [0.1, 0.15) is 22.8 Å². The van der Waals surface area contributed by atoms with Crippen molar-refractivity contribution in [3.63, 3.8) is 0 Å². The SMILES string of the molecule is COc1ccc(C(O)c2cccnc2OC)c(C)c1. The minimum absolute atomic E-state index is 0.435. The molecule has 100 valence electrons. The molecule has 1 atom stereocenters. The standard InChI is InChI=1S/C15H17NO3/c1-10-9-11(18-2)6-7-12(10)14(17)13-5-4-8-16-15(13)19-3/h4-9,14,17H,1-3H3. The van der Waals surface area contributed by atoms with Crippen molar-refractivity contribution in [3.05, 3.63) is 53.2 Å². The van der Waals surface area contributed by atoms with Gasteiger partial charge in [-0.3, -0.25) is 0 Å². The normalized spacial score (nSPS) is 12.0. The number of aromatic nitrogens is 1. The number of hydrogen-bond donors (Lipinski definition) is 1. The molecule has 1 aromatic carbocycles. The number of ether oxygens (including phenoxy) is 2. The number of methoxy groups -OCH3 is 2. The van der Waals surface area contributed by atoms with E-state index in [4.69, 9.17) is 9.47 Å². The molecule has 0 radical (unpaired) electrons. The van der Waals surface area contributed by atoms with Crippen molar-refractivity contribution in [1.29, 1.82) is 0 Å². The van der Waals surface area contributed by atoms with Gasteiger partial charge >= 0.3 is 0 Å². The average molecular weight is 259 g/mol. The second-order valence-electron chi connectivity index (χ2n) is 4.23. The van der Waals surface area contributed by atoms with Gasteiger partial charge in [-0.2, -0.15) is 0 Å². The zero-order chi connectivity index (χ0) is 13.8. The van der Waals surface area contributed by atoms with Gasteiger partial charge in [-0.15, -0.1) is 0 Å². The molecular formula is C15H17NO3. The molecule has 0 amide bonds. The maximum Gasteiger partial charge on any atom is 0.219 e. The van der Waals surface area contributed by atoms with E-state index in [9.17, 15) is 5.11 Å². The van der Waals surface area contributed by atoms with E-state index in [-0.39, 0.29) is 0 Å². The molecule has 4 heteroatoms. The summed E-state index contributed by atoms with van der Waals surface area (Å²) in [5.41, 5.74) is 2.42. The Kier molecular flexibility index (Phi) is 4.02. The molecule has 1 N–H and O–H groups in total. The van der Waals surface area contributed by atoms with Gasteiger partial charge in [0, 0.05) is 11.8 Å². The lowest BCUT2D eigenvalue weighted by Crippen LogP contribution is -2.05. The lowest BCUT2D eigenvalue weighted by atomic mass is 9.98. The van der Waals surface area contributed by atoms with Gasteiger partial charge in [0.25, 0.3) is 0 Å². The average Bonchev–Trinajstić information content (AvgIpc) is 2.46. The van der Waals surface area contributed by atoms with Crippen molar-refractivity contribution < 1.29 is 14.6 Å². The zero-order valence-corrected chi connectivity index (χ0v) is 11.3. The quantitative estimate of drug-likeness (QED) is 0.916. The highest BCUT2D eigenvalue weighted by atomic mass is 16.5. The fourth-order valence-corrected chi connectivity index (χ4v) is 2.03. The Bertz CT molecular complexity index is 569. The summed E-state index contributed by atoms with van der Waals surface area (Å²) in [7, 11) is 3.16. The Morgan fingerprint density at radius 1 is 1.11 bits per heavy atom. The summed E-state index contributed by atoms with van der Waals surface area (Å²) < 4.78 is 10.3. The Morgan fingerprint density at radius 3 is 2.53 bits per heavy atom. The first-order valence-electron chi connectivity index (χ1n) is 5.99. The van der Waals surface area contributed by atoms with Gasteiger partial charge in [0.2, 0.25) is 5.88 Å². The van der Waals surface area contributed by atoms with E-state index in [1.165, 1.54) is 0 Å². The summed E-state index contributed by atoms with van der Waals surface area (Å²) in [5.74, 6) is 1.21. The van der Waals surface area contributed by atoms with Crippen molar-refractivity contribution in [3.8, 4) is 11.6 Å². The van der Waals surface area contributed by atoms with E-state index in [0.717, 1.165) is 16.9 Å². The molecule has 2 rings (SSSR count). The van der Waals surface area contributed by atoms with Crippen LogP contribution in [0.4, 0.5) is 0 Å². The summed E-state index contributed by atoms with van der Waals surface area (Å²) >= 11 is 0. The third-order valence-electron chi connectivity index (χ3n) is 3.06. The summed E-state index contributed by atoms with van der Waals surface area (Å²) in [5, 5.41) is 10.5. The lowest BCUT2D eigenvalue weighted by molar-refractivity contribution is 0.212. The van der Waals surface area contributed by atoms with Gasteiger partial charge < -0.3 is 14.6 Å². The number of nitrogens with zero attached hydrogens (tertiary/aromatic N) is 1. The zero-order valence-electron chi connectivity index (χ0n) is 11.3. The van der Waals surface area contributed by atoms with E-state index in [2.05, 4.69) is 4.98 Å². The molecule has 4 nitrogen and oxygen atoms in total. The van der Waals surface area contributed by atoms with Crippen LogP contribution in [0.2, 0.25) is 0 Å². The smallest absolute Gasteiger partial charge is 0.219 e. The number of pyridine rings is 1. The second kappa shape index (κ2) is 5.71. The third kappa shape index (κ3) is 2.69. The van der Waals surface area contributed by atoms with Crippen LogP contribution in [0.15, 0.2) is 36.5 Å². The first kappa shape index (κ1) is 13.4. The van der Waals surface area contributed by atoms with Crippen LogP contribution in [-0.4, -0.2) is 24.3 Å². The van der Waals surface area contributed by atoms with E-state index >= 15 is 0 Å². The van der Waals surface area contributed by atoms with Crippen molar-refractivity contribution in [2.75, 3.05) is 14.2 Å². The predicted molar refractivity (Wildman–Crippen MR) is 72.6 cm³/mol. The minimum atomic E-state index is -0.769. The molecule has 0 fully saturated rings. The molecule has 0 saturated heterocycles. The number of aryl methyl sites for hydroxylation is 1. The second-order valence-corrected chi connectivity index (χ2v) is 4.23. The molecule has 0 aliphatic carbocycles. The molecule has 0 bridgehead atoms. The van der Waals surface area contributed by atoms with Gasteiger partial charge in [-0.05, 0) is 42.3 Å². The molecule has 1 heterocycles. The van der Waals surface area contributed by atoms with Crippen molar-refractivity contribution >= 4 is 0 Å². The highest BCUT2D eigenvalue weighted by molar-refractivity contribution is 5.42. The van der Waals surface area contributed by atoms with E-state index in [0.29, 0.717) is 11.4 Å². The number of benzene rings is 1. The fraction of sp³-hybridized carbons (Fsp3) is 0.267. The van der Waals surface area contributed by atoms with Crippen LogP contribution in [0, 0.1) is 6.92 Å². The van der Waals surface area contributed by atoms with Gasteiger partial charge in [-0.1, -0.05) is 6.07 Å². The van der Waals surface area contributed by atoms with Crippen LogP contribution in [-0.2, 0) is 0 Å². The van der Waals surface area contributed by atoms with Crippen molar-refractivity contribution in [1.82, 2.24) is 4.98 Å². The molecule has 0 spiro atoms. The summed E-state index contributed by atoms with van der Waals surface area (Å²) in [6.07, 6.45) is 0.866. The predicted octanol–water partition coefficient (Wildman–Crippen LogP) is 2.49. The Labute approximate surface area is 112 Å². The molecule has 1 aromatic heterocycles. The number of rotatable bonds is 4. The summed E-state index contributed by atoms with van der Waals surface area (Å²) in [6.45, 7) is 1.93. The molecule has 0 aliphatic heterocycles. The van der Waals surface area contributed by atoms with E-state index < -0.39 is 6.10 Å². The van der Waals surface area contributed by atoms with E-state index in [1.54, 1.807) is 32.5 Å². The highest BCUT2D eigenvalue weighted by Crippen LogP contribution is 2.31. The highest BCUT2D eigenvalue weighted by Gasteiger charge is 2.18. The van der Waals surface area contributed by atoms with Crippen molar-refractivity contribution in [2.24, 2.45) is 0 Å². The van der Waals surface area contributed by atoms with Crippen LogP contribution in [0.5, 0.6) is 11.6 Å². The molecule has 0 saturated carbocycles. The maximum absolute atomic E-state index is 10.5. The summed E-state index contributed by atoms with van der Waals surface area (Å²) in [4.78, 5) is 4.10. The molecule has 0 aliphatic rings. The first-order chi connectivity index (χ1) is 9.17. The Balaban J connectivity index is 2.41. The molecule has 19 heavy (non-hydrogen) atoms. The maximum atomic E-state index is 10.5. The van der Waals surface area contributed by atoms with Gasteiger partial charge in [0.05, 0.1) is 14.2 Å². The van der Waals surface area contributed by atoms with Crippen LogP contribution in [0.25, 0.3) is 0 Å². The van der Waals surface area contributed by atoms with Gasteiger partial charge in [-0.25, -0.2) is 4.98 Å². The van der Waals surface area contributed by atoms with Crippen molar-refractivity contribution in [2.45, 2.75) is 13.0 Å². The number of aliphatic hydroxyl groups excluding tert-OH is 1. The number of hydrogen-bond acceptors (Lipinski definition) is 4. The first-order valence-corrected chi connectivity index (χ1v) is 5.99. The molecule has 2 aromatic rings. The minimum Gasteiger partial charge on any atom is -0.497 e. The van der Waals surface area contributed by atoms with E-state index in [1.807, 2.05) is 25.1 Å². The van der Waals surface area contributed by atoms with Crippen LogP contribution >= 0.6 is 0 Å². The number of aliphatic hydroxyl groups is 1. The van der Waals surface area contributed by atoms with Gasteiger partial charge in [0.1, 0.15) is 11.9 Å². The Morgan fingerprint density at radius 2 is 1.89 bits per heavy atom. The monoisotopic (exact) mass is 259 g/mol.